The van der Waals surface area contributed by atoms with E-state index < -0.39 is 0 Å². The second kappa shape index (κ2) is 6.36. The van der Waals surface area contributed by atoms with Crippen LogP contribution in [0, 0.1) is 0 Å². The van der Waals surface area contributed by atoms with Gasteiger partial charge in [0.15, 0.2) is 0 Å². The molecule has 0 saturated heterocycles. The lowest BCUT2D eigenvalue weighted by atomic mass is 10.2. The van der Waals surface area contributed by atoms with Gasteiger partial charge in [0.1, 0.15) is 0 Å². The predicted molar refractivity (Wildman–Crippen MR) is 73.1 cm³/mol. The van der Waals surface area contributed by atoms with Gasteiger partial charge < -0.3 is 5.32 Å². The van der Waals surface area contributed by atoms with Crippen molar-refractivity contribution >= 4 is 11.8 Å². The molecule has 3 atom stereocenters. The Morgan fingerprint density at radius 1 is 1.47 bits per heavy atom. The van der Waals surface area contributed by atoms with Gasteiger partial charge in [0.25, 0.3) is 0 Å². The van der Waals surface area contributed by atoms with E-state index in [0.29, 0.717) is 12.1 Å². The Bertz CT molecular complexity index is 331. The van der Waals surface area contributed by atoms with Crippen LogP contribution in [0.2, 0.25) is 0 Å². The van der Waals surface area contributed by atoms with Crippen LogP contribution in [-0.4, -0.2) is 27.0 Å². The Hall–Kier alpha value is -0.610. The highest BCUT2D eigenvalue weighted by Gasteiger charge is 2.25. The minimum atomic E-state index is 0.305. The van der Waals surface area contributed by atoms with Gasteiger partial charge in [0.05, 0.1) is 5.69 Å². The van der Waals surface area contributed by atoms with Crippen molar-refractivity contribution < 1.29 is 0 Å². The number of rotatable bonds is 5. The number of hydrogen-bond acceptors (Lipinski definition) is 4. The van der Waals surface area contributed by atoms with E-state index in [0.717, 1.165) is 10.9 Å². The molecule has 1 heterocycles. The van der Waals surface area contributed by atoms with Crippen LogP contribution in [0.15, 0.2) is 18.6 Å². The van der Waals surface area contributed by atoms with Crippen LogP contribution in [0.5, 0.6) is 0 Å². The average molecular weight is 251 g/mol. The van der Waals surface area contributed by atoms with Gasteiger partial charge >= 0.3 is 0 Å². The average Bonchev–Trinajstić information content (AvgIpc) is 2.78. The van der Waals surface area contributed by atoms with Gasteiger partial charge in [-0.05, 0) is 31.9 Å². The maximum atomic E-state index is 4.35. The summed E-state index contributed by atoms with van der Waals surface area (Å²) in [6.07, 6.45) is 9.28. The minimum absolute atomic E-state index is 0.305. The molecule has 3 nitrogen and oxygen atoms in total. The van der Waals surface area contributed by atoms with Crippen molar-refractivity contribution in [3.8, 4) is 0 Å². The van der Waals surface area contributed by atoms with Gasteiger partial charge in [-0.1, -0.05) is 6.92 Å². The normalized spacial score (nSPS) is 26.0. The highest BCUT2D eigenvalue weighted by molar-refractivity contribution is 7.99. The summed E-state index contributed by atoms with van der Waals surface area (Å²) in [6.45, 7) is 4.41. The zero-order valence-corrected chi connectivity index (χ0v) is 11.4. The van der Waals surface area contributed by atoms with Gasteiger partial charge in [-0.15, -0.1) is 0 Å². The van der Waals surface area contributed by atoms with E-state index in [2.05, 4.69) is 40.9 Å². The van der Waals surface area contributed by atoms with Crippen LogP contribution < -0.4 is 5.32 Å². The quantitative estimate of drug-likeness (QED) is 0.873. The summed E-state index contributed by atoms with van der Waals surface area (Å²) in [7, 11) is 0. The van der Waals surface area contributed by atoms with Crippen molar-refractivity contribution in [2.24, 2.45) is 0 Å². The SMILES string of the molecule is CCSC1CCC(NC(C)c2cnccn2)C1. The Morgan fingerprint density at radius 2 is 2.35 bits per heavy atom. The van der Waals surface area contributed by atoms with Gasteiger partial charge in [0, 0.05) is 35.9 Å². The van der Waals surface area contributed by atoms with Crippen molar-refractivity contribution in [3.63, 3.8) is 0 Å². The maximum absolute atomic E-state index is 4.35. The standard InChI is InChI=1S/C13H21N3S/c1-3-17-12-5-4-11(8-12)16-10(2)13-9-14-6-7-15-13/h6-7,9-12,16H,3-5,8H2,1-2H3. The number of nitrogens with one attached hydrogen (secondary N) is 1. The summed E-state index contributed by atoms with van der Waals surface area (Å²) in [6, 6.07) is 0.954. The van der Waals surface area contributed by atoms with Crippen molar-refractivity contribution in [2.45, 2.75) is 50.4 Å². The molecule has 1 aromatic rings. The molecule has 0 bridgehead atoms. The first-order chi connectivity index (χ1) is 8.29. The number of nitrogens with zero attached hydrogens (tertiary/aromatic N) is 2. The molecular formula is C13H21N3S. The summed E-state index contributed by atoms with van der Waals surface area (Å²) in [5.74, 6) is 1.23. The number of aromatic nitrogens is 2. The maximum Gasteiger partial charge on any atom is 0.0753 e. The summed E-state index contributed by atoms with van der Waals surface area (Å²) in [5, 5.41) is 4.52. The molecule has 3 unspecified atom stereocenters. The minimum Gasteiger partial charge on any atom is -0.306 e. The Balaban J connectivity index is 1.82. The third kappa shape index (κ3) is 3.68. The van der Waals surface area contributed by atoms with E-state index in [-0.39, 0.29) is 0 Å². The second-order valence-electron chi connectivity index (χ2n) is 4.61. The fourth-order valence-electron chi connectivity index (χ4n) is 2.45. The summed E-state index contributed by atoms with van der Waals surface area (Å²) in [5.41, 5.74) is 1.04. The Kier molecular flexibility index (Phi) is 4.80. The molecule has 0 aliphatic heterocycles. The molecular weight excluding hydrogens is 230 g/mol. The van der Waals surface area contributed by atoms with E-state index in [1.54, 1.807) is 12.4 Å². The molecule has 1 aromatic heterocycles. The van der Waals surface area contributed by atoms with Crippen LogP contribution in [0.25, 0.3) is 0 Å². The van der Waals surface area contributed by atoms with Crippen LogP contribution in [0.4, 0.5) is 0 Å². The molecule has 1 aliphatic carbocycles. The van der Waals surface area contributed by atoms with E-state index in [1.807, 2.05) is 6.20 Å². The van der Waals surface area contributed by atoms with Crippen LogP contribution in [0.1, 0.15) is 44.8 Å². The smallest absolute Gasteiger partial charge is 0.0753 e. The first-order valence-corrected chi connectivity index (χ1v) is 7.48. The van der Waals surface area contributed by atoms with Crippen molar-refractivity contribution in [1.29, 1.82) is 0 Å². The fraction of sp³-hybridized carbons (Fsp3) is 0.692. The summed E-state index contributed by atoms with van der Waals surface area (Å²) < 4.78 is 0. The molecule has 1 fully saturated rings. The number of thioether (sulfide) groups is 1. The lowest BCUT2D eigenvalue weighted by molar-refractivity contribution is 0.454. The highest BCUT2D eigenvalue weighted by atomic mass is 32.2. The summed E-state index contributed by atoms with van der Waals surface area (Å²) >= 11 is 2.10. The topological polar surface area (TPSA) is 37.8 Å². The monoisotopic (exact) mass is 251 g/mol. The molecule has 4 heteroatoms. The van der Waals surface area contributed by atoms with Crippen LogP contribution >= 0.6 is 11.8 Å². The molecule has 94 valence electrons. The Morgan fingerprint density at radius 3 is 3.06 bits per heavy atom. The van der Waals surface area contributed by atoms with E-state index in [9.17, 15) is 0 Å². The highest BCUT2D eigenvalue weighted by Crippen LogP contribution is 2.30. The van der Waals surface area contributed by atoms with Gasteiger partial charge in [0.2, 0.25) is 0 Å². The second-order valence-corrected chi connectivity index (χ2v) is 6.18. The first-order valence-electron chi connectivity index (χ1n) is 6.43. The van der Waals surface area contributed by atoms with Gasteiger partial charge in [-0.3, -0.25) is 9.97 Å². The van der Waals surface area contributed by atoms with Crippen molar-refractivity contribution in [1.82, 2.24) is 15.3 Å². The zero-order valence-electron chi connectivity index (χ0n) is 10.6. The molecule has 1 saturated carbocycles. The fourth-order valence-corrected chi connectivity index (χ4v) is 3.59. The van der Waals surface area contributed by atoms with Gasteiger partial charge in [-0.2, -0.15) is 11.8 Å². The molecule has 1 N–H and O–H groups in total. The van der Waals surface area contributed by atoms with Crippen molar-refractivity contribution in [2.75, 3.05) is 5.75 Å². The molecule has 1 aliphatic rings. The molecule has 0 spiro atoms. The molecule has 0 radical (unpaired) electrons. The van der Waals surface area contributed by atoms with Crippen LogP contribution in [-0.2, 0) is 0 Å². The van der Waals surface area contributed by atoms with E-state index in [1.165, 1.54) is 25.0 Å². The summed E-state index contributed by atoms with van der Waals surface area (Å²) in [4.78, 5) is 8.46. The lowest BCUT2D eigenvalue weighted by Crippen LogP contribution is -2.30. The third-order valence-electron chi connectivity index (χ3n) is 3.30. The van der Waals surface area contributed by atoms with E-state index >= 15 is 0 Å². The van der Waals surface area contributed by atoms with Crippen LogP contribution in [0.3, 0.4) is 0 Å². The molecule has 0 aromatic carbocycles. The molecule has 2 rings (SSSR count). The lowest BCUT2D eigenvalue weighted by Gasteiger charge is -2.18. The predicted octanol–water partition coefficient (Wildman–Crippen LogP) is 2.80. The zero-order chi connectivity index (χ0) is 12.1. The van der Waals surface area contributed by atoms with Crippen molar-refractivity contribution in [3.05, 3.63) is 24.3 Å². The number of hydrogen-bond donors (Lipinski definition) is 1. The largest absolute Gasteiger partial charge is 0.306 e. The molecule has 0 amide bonds. The van der Waals surface area contributed by atoms with Gasteiger partial charge in [-0.25, -0.2) is 0 Å². The first kappa shape index (κ1) is 12.8. The third-order valence-corrected chi connectivity index (χ3v) is 4.53. The van der Waals surface area contributed by atoms with E-state index in [4.69, 9.17) is 0 Å². The molecule has 17 heavy (non-hydrogen) atoms. The Labute approximate surface area is 108 Å².